The molecule has 2 heterocycles. The summed E-state index contributed by atoms with van der Waals surface area (Å²) in [5.41, 5.74) is -0.365. The molecule has 4 rings (SSSR count). The summed E-state index contributed by atoms with van der Waals surface area (Å²) in [4.78, 5) is 7.95. The molecule has 7 nitrogen and oxygen atoms in total. The second-order valence-corrected chi connectivity index (χ2v) is 10.8. The molecule has 2 aromatic rings. The molecule has 2 aliphatic rings. The zero-order valence-electron chi connectivity index (χ0n) is 21.2. The normalized spacial score (nSPS) is 18.4. The Kier molecular flexibility index (Phi) is 9.25. The molecule has 1 unspecified atom stereocenters. The zero-order valence-corrected chi connectivity index (χ0v) is 22.7. The van der Waals surface area contributed by atoms with Crippen LogP contribution in [0.15, 0.2) is 42.5 Å². The molecule has 0 aliphatic carbocycles. The minimum Gasteiger partial charge on any atom is -0.382 e. The summed E-state index contributed by atoms with van der Waals surface area (Å²) in [6.45, 7) is 8.34. The predicted molar refractivity (Wildman–Crippen MR) is 148 cm³/mol. The van der Waals surface area contributed by atoms with Gasteiger partial charge in [-0.1, -0.05) is 30.7 Å². The van der Waals surface area contributed by atoms with Gasteiger partial charge in [-0.2, -0.15) is 13.2 Å². The molecule has 0 amide bonds. The minimum absolute atomic E-state index is 0.00316. The Hall–Kier alpha value is -2.31. The van der Waals surface area contributed by atoms with Gasteiger partial charge in [0.25, 0.3) is 0 Å². The van der Waals surface area contributed by atoms with Crippen LogP contribution in [0.2, 0.25) is 5.02 Å². The van der Waals surface area contributed by atoms with Gasteiger partial charge in [0.1, 0.15) is 5.69 Å². The van der Waals surface area contributed by atoms with Crippen LogP contribution in [0.1, 0.15) is 25.3 Å². The van der Waals surface area contributed by atoms with Crippen molar-refractivity contribution in [1.82, 2.24) is 9.80 Å². The van der Waals surface area contributed by atoms with Crippen LogP contribution >= 0.6 is 23.8 Å². The van der Waals surface area contributed by atoms with Gasteiger partial charge in [0.2, 0.25) is 0 Å². The fourth-order valence-corrected chi connectivity index (χ4v) is 5.51. The molecular formula is C26H33ClF3N5O2S. The largest absolute Gasteiger partial charge is 0.418 e. The van der Waals surface area contributed by atoms with Crippen molar-refractivity contribution in [3.8, 4) is 0 Å². The Morgan fingerprint density at radius 3 is 2.26 bits per heavy atom. The molecule has 2 aliphatic heterocycles. The maximum absolute atomic E-state index is 13.4. The first kappa shape index (κ1) is 28.7. The third-order valence-corrected chi connectivity index (χ3v) is 8.13. The SMILES string of the molecule is CC(CN1CCN(c2ccc(Cl)cc2)CC1)C(=S)N1CCC(Nc2ccc(N(O)O)c(C(F)(F)F)c2)CC1. The van der Waals surface area contributed by atoms with Gasteiger partial charge in [-0.15, -0.1) is 5.23 Å². The Balaban J connectivity index is 1.24. The summed E-state index contributed by atoms with van der Waals surface area (Å²) in [5.74, 6) is 0.221. The molecule has 2 saturated heterocycles. The topological polar surface area (TPSA) is 65.5 Å². The van der Waals surface area contributed by atoms with Gasteiger partial charge in [0.05, 0.1) is 10.6 Å². The first-order valence-electron chi connectivity index (χ1n) is 12.7. The fourth-order valence-electron chi connectivity index (χ4n) is 5.12. The molecule has 0 aromatic heterocycles. The Morgan fingerprint density at radius 2 is 1.68 bits per heavy atom. The van der Waals surface area contributed by atoms with Gasteiger partial charge in [-0.25, -0.2) is 0 Å². The van der Waals surface area contributed by atoms with Crippen LogP contribution in [0.3, 0.4) is 0 Å². The summed E-state index contributed by atoms with van der Waals surface area (Å²) in [5, 5.41) is 21.6. The van der Waals surface area contributed by atoms with E-state index >= 15 is 0 Å². The third-order valence-electron chi connectivity index (χ3n) is 7.21. The number of anilines is 3. The maximum Gasteiger partial charge on any atom is 0.418 e. The molecular weight excluding hydrogens is 539 g/mol. The summed E-state index contributed by atoms with van der Waals surface area (Å²) in [6.07, 6.45) is -3.24. The smallest absolute Gasteiger partial charge is 0.382 e. The number of piperidine rings is 1. The van der Waals surface area contributed by atoms with Crippen LogP contribution in [-0.2, 0) is 6.18 Å². The molecule has 38 heavy (non-hydrogen) atoms. The van der Waals surface area contributed by atoms with Gasteiger partial charge in [0.15, 0.2) is 0 Å². The van der Waals surface area contributed by atoms with Crippen molar-refractivity contribution in [1.29, 1.82) is 0 Å². The van der Waals surface area contributed by atoms with Crippen LogP contribution in [-0.4, -0.2) is 77.1 Å². The minimum atomic E-state index is -4.72. The van der Waals surface area contributed by atoms with Gasteiger partial charge in [-0.3, -0.25) is 15.3 Å². The summed E-state index contributed by atoms with van der Waals surface area (Å²) >= 11 is 11.8. The van der Waals surface area contributed by atoms with Crippen molar-refractivity contribution in [3.63, 3.8) is 0 Å². The summed E-state index contributed by atoms with van der Waals surface area (Å²) < 4.78 is 40.1. The predicted octanol–water partition coefficient (Wildman–Crippen LogP) is 5.61. The lowest BCUT2D eigenvalue weighted by molar-refractivity contribution is -0.138. The van der Waals surface area contributed by atoms with E-state index < -0.39 is 22.7 Å². The molecule has 0 saturated carbocycles. The van der Waals surface area contributed by atoms with Crippen LogP contribution in [0, 0.1) is 5.92 Å². The van der Waals surface area contributed by atoms with E-state index in [2.05, 4.69) is 39.1 Å². The Morgan fingerprint density at radius 1 is 1.05 bits per heavy atom. The molecule has 12 heteroatoms. The van der Waals surface area contributed by atoms with E-state index in [4.69, 9.17) is 34.2 Å². The van der Waals surface area contributed by atoms with E-state index in [9.17, 15) is 13.2 Å². The molecule has 2 aromatic carbocycles. The number of nitrogens with one attached hydrogen (secondary N) is 1. The average Bonchev–Trinajstić information content (AvgIpc) is 2.89. The first-order valence-corrected chi connectivity index (χ1v) is 13.5. The highest BCUT2D eigenvalue weighted by Crippen LogP contribution is 2.38. The highest BCUT2D eigenvalue weighted by atomic mass is 35.5. The van der Waals surface area contributed by atoms with Crippen LogP contribution in [0.5, 0.6) is 0 Å². The van der Waals surface area contributed by atoms with Crippen LogP contribution in [0.25, 0.3) is 0 Å². The van der Waals surface area contributed by atoms with Crippen molar-refractivity contribution in [2.24, 2.45) is 5.92 Å². The van der Waals surface area contributed by atoms with E-state index in [0.717, 1.165) is 80.8 Å². The number of hydrogen-bond donors (Lipinski definition) is 3. The second-order valence-electron chi connectivity index (χ2n) is 9.93. The van der Waals surface area contributed by atoms with Crippen molar-refractivity contribution in [3.05, 3.63) is 53.1 Å². The lowest BCUT2D eigenvalue weighted by atomic mass is 10.0. The quantitative estimate of drug-likeness (QED) is 0.293. The van der Waals surface area contributed by atoms with Gasteiger partial charge < -0.3 is 15.1 Å². The monoisotopic (exact) mass is 571 g/mol. The lowest BCUT2D eigenvalue weighted by Gasteiger charge is -2.39. The van der Waals surface area contributed by atoms with E-state index in [0.29, 0.717) is 0 Å². The van der Waals surface area contributed by atoms with Crippen molar-refractivity contribution in [2.75, 3.05) is 61.3 Å². The van der Waals surface area contributed by atoms with E-state index in [1.807, 2.05) is 12.1 Å². The summed E-state index contributed by atoms with van der Waals surface area (Å²) in [7, 11) is 0. The molecule has 1 atom stereocenters. The molecule has 0 radical (unpaired) electrons. The van der Waals surface area contributed by atoms with Crippen LogP contribution < -0.4 is 15.4 Å². The van der Waals surface area contributed by atoms with E-state index in [-0.39, 0.29) is 17.6 Å². The number of alkyl halides is 3. The first-order chi connectivity index (χ1) is 18.0. The number of halogens is 4. The van der Waals surface area contributed by atoms with E-state index in [1.54, 1.807) is 0 Å². The molecule has 3 N–H and O–H groups in total. The van der Waals surface area contributed by atoms with Crippen molar-refractivity contribution in [2.45, 2.75) is 32.0 Å². The van der Waals surface area contributed by atoms with Crippen molar-refractivity contribution >= 4 is 45.9 Å². The number of likely N-dealkylation sites (tertiary alicyclic amines) is 1. The third kappa shape index (κ3) is 7.20. The Labute approximate surface area is 231 Å². The average molecular weight is 572 g/mol. The second kappa shape index (κ2) is 12.3. The standard InChI is InChI=1S/C26H33ClF3N5O2S/c1-18(17-32-12-14-33(15-13-32)22-5-2-19(27)3-6-22)25(38)34-10-8-20(9-11-34)31-21-4-7-24(35(36)37)23(16-21)26(28,29)30/h2-7,16,18,20,31,36-37H,8-15,17H2,1H3. The summed E-state index contributed by atoms with van der Waals surface area (Å²) in [6, 6.07) is 11.3. The lowest BCUT2D eigenvalue weighted by Crippen LogP contribution is -2.50. The molecule has 0 spiro atoms. The van der Waals surface area contributed by atoms with Gasteiger partial charge in [-0.05, 0) is 55.3 Å². The maximum atomic E-state index is 13.4. The number of benzene rings is 2. The molecule has 208 valence electrons. The van der Waals surface area contributed by atoms with Gasteiger partial charge in [0, 0.05) is 74.2 Å². The van der Waals surface area contributed by atoms with Gasteiger partial charge >= 0.3 is 6.18 Å². The zero-order chi connectivity index (χ0) is 27.4. The number of hydrogen-bond acceptors (Lipinski definition) is 7. The highest BCUT2D eigenvalue weighted by molar-refractivity contribution is 7.80. The van der Waals surface area contributed by atoms with Crippen molar-refractivity contribution < 1.29 is 23.6 Å². The number of piperazine rings is 1. The molecule has 0 bridgehead atoms. The van der Waals surface area contributed by atoms with Crippen LogP contribution in [0.4, 0.5) is 30.2 Å². The Bertz CT molecular complexity index is 1090. The van der Waals surface area contributed by atoms with E-state index in [1.165, 1.54) is 11.8 Å². The molecule has 2 fully saturated rings. The number of nitrogens with zero attached hydrogens (tertiary/aromatic N) is 4. The fraction of sp³-hybridized carbons (Fsp3) is 0.500. The number of thiocarbonyl (C=S) groups is 1. The highest BCUT2D eigenvalue weighted by Gasteiger charge is 2.35. The number of rotatable bonds is 7.